The highest BCUT2D eigenvalue weighted by Crippen LogP contribution is 2.10. The first-order valence-electron chi connectivity index (χ1n) is 8.59. The van der Waals surface area contributed by atoms with Crippen molar-refractivity contribution in [3.63, 3.8) is 0 Å². The van der Waals surface area contributed by atoms with Gasteiger partial charge in [-0.1, -0.05) is 6.07 Å². The van der Waals surface area contributed by atoms with Crippen LogP contribution in [0.5, 0.6) is 0 Å². The lowest BCUT2D eigenvalue weighted by atomic mass is 10.3. The van der Waals surface area contributed by atoms with Crippen LogP contribution in [0.2, 0.25) is 0 Å². The highest BCUT2D eigenvalue weighted by Gasteiger charge is 2.08. The molecule has 0 saturated heterocycles. The molecule has 3 rings (SSSR count). The zero-order valence-corrected chi connectivity index (χ0v) is 17.0. The van der Waals surface area contributed by atoms with E-state index in [0.717, 1.165) is 11.4 Å². The maximum atomic E-state index is 5.49. The Bertz CT molecular complexity index is 929. The van der Waals surface area contributed by atoms with Gasteiger partial charge in [0.15, 0.2) is 9.54 Å². The van der Waals surface area contributed by atoms with E-state index in [1.165, 1.54) is 0 Å². The topological polar surface area (TPSA) is 58.4 Å². The molecule has 0 aromatic carbocycles. The average molecular weight is 390 g/mol. The third kappa shape index (κ3) is 3.83. The molecule has 3 aromatic rings. The number of aromatic nitrogens is 7. The van der Waals surface area contributed by atoms with Crippen molar-refractivity contribution in [2.75, 3.05) is 0 Å². The van der Waals surface area contributed by atoms with Gasteiger partial charge in [0.05, 0.1) is 24.5 Å². The second-order valence-corrected chi connectivity index (χ2v) is 7.51. The smallest absolute Gasteiger partial charge is 0.198 e. The quantitative estimate of drug-likeness (QED) is 0.600. The molecule has 0 spiro atoms. The summed E-state index contributed by atoms with van der Waals surface area (Å²) in [7, 11) is 0. The van der Waals surface area contributed by atoms with E-state index in [0.29, 0.717) is 22.6 Å². The predicted octanol–water partition coefficient (Wildman–Crippen LogP) is 3.79. The maximum absolute atomic E-state index is 5.49. The van der Waals surface area contributed by atoms with E-state index in [1.54, 1.807) is 12.7 Å². The Balaban J connectivity index is 1.81. The number of pyridine rings is 1. The van der Waals surface area contributed by atoms with E-state index in [9.17, 15) is 0 Å². The van der Waals surface area contributed by atoms with E-state index in [2.05, 4.69) is 37.9 Å². The van der Waals surface area contributed by atoms with Crippen molar-refractivity contribution in [3.8, 4) is 0 Å². The fourth-order valence-corrected chi connectivity index (χ4v) is 3.42. The predicted molar refractivity (Wildman–Crippen MR) is 105 cm³/mol. The van der Waals surface area contributed by atoms with Crippen molar-refractivity contribution >= 4 is 24.4 Å². The molecule has 3 heterocycles. The average Bonchev–Trinajstić information content (AvgIpc) is 3.12. The summed E-state index contributed by atoms with van der Waals surface area (Å²) in [5.74, 6) is 0. The van der Waals surface area contributed by atoms with Crippen molar-refractivity contribution in [3.05, 3.63) is 51.8 Å². The number of rotatable bonds is 6. The van der Waals surface area contributed by atoms with Crippen molar-refractivity contribution in [1.82, 2.24) is 33.7 Å². The summed E-state index contributed by atoms with van der Waals surface area (Å²) in [5.41, 5.74) is 1.87. The van der Waals surface area contributed by atoms with Gasteiger partial charge in [-0.25, -0.2) is 9.36 Å². The Morgan fingerprint density at radius 3 is 1.58 bits per heavy atom. The number of nitrogens with zero attached hydrogens (tertiary/aromatic N) is 7. The molecule has 0 atom stereocenters. The fraction of sp³-hybridized carbons (Fsp3) is 0.471. The first-order chi connectivity index (χ1) is 12.4. The molecule has 0 amide bonds. The minimum Gasteiger partial charge on any atom is -0.300 e. The molecule has 0 aliphatic heterocycles. The minimum atomic E-state index is 0.238. The zero-order valence-electron chi connectivity index (χ0n) is 15.4. The molecule has 9 heteroatoms. The summed E-state index contributed by atoms with van der Waals surface area (Å²) in [6.07, 6.45) is 3.53. The van der Waals surface area contributed by atoms with Crippen LogP contribution < -0.4 is 0 Å². The molecule has 0 radical (unpaired) electrons. The summed E-state index contributed by atoms with van der Waals surface area (Å²) < 4.78 is 8.94. The molecule has 0 aliphatic carbocycles. The van der Waals surface area contributed by atoms with E-state index in [4.69, 9.17) is 29.4 Å². The highest BCUT2D eigenvalue weighted by atomic mass is 32.1. The van der Waals surface area contributed by atoms with Crippen molar-refractivity contribution in [2.45, 2.75) is 52.9 Å². The largest absolute Gasteiger partial charge is 0.300 e. The number of hydrogen-bond donors (Lipinski definition) is 0. The third-order valence-electron chi connectivity index (χ3n) is 4.02. The van der Waals surface area contributed by atoms with Crippen LogP contribution in [0, 0.1) is 9.54 Å². The van der Waals surface area contributed by atoms with E-state index >= 15 is 0 Å². The van der Waals surface area contributed by atoms with Gasteiger partial charge in [0.2, 0.25) is 0 Å². The minimum absolute atomic E-state index is 0.238. The van der Waals surface area contributed by atoms with E-state index in [1.807, 2.05) is 36.7 Å². The Hall–Kier alpha value is -2.13. The lowest BCUT2D eigenvalue weighted by Gasteiger charge is -2.07. The molecule has 0 unspecified atom stereocenters. The van der Waals surface area contributed by atoms with Gasteiger partial charge in [-0.3, -0.25) is 4.98 Å². The fourth-order valence-electron chi connectivity index (χ4n) is 2.68. The molecule has 0 fully saturated rings. The van der Waals surface area contributed by atoms with Crippen LogP contribution in [0.4, 0.5) is 0 Å². The number of hydrogen-bond acceptors (Lipinski definition) is 5. The summed E-state index contributed by atoms with van der Waals surface area (Å²) in [4.78, 5) is 4.75. The lowest BCUT2D eigenvalue weighted by Crippen LogP contribution is -2.08. The molecule has 138 valence electrons. The van der Waals surface area contributed by atoms with Gasteiger partial charge in [0.1, 0.15) is 12.7 Å². The first kappa shape index (κ1) is 18.7. The van der Waals surface area contributed by atoms with Crippen LogP contribution in [0.15, 0.2) is 30.9 Å². The molecule has 0 aliphatic rings. The zero-order chi connectivity index (χ0) is 18.8. The summed E-state index contributed by atoms with van der Waals surface area (Å²) >= 11 is 11.0. The Labute approximate surface area is 162 Å². The van der Waals surface area contributed by atoms with Crippen LogP contribution in [-0.4, -0.2) is 33.7 Å². The SMILES string of the molecule is CC(C)n1ncn(Cc2cccc(Cn3cnn(C(C)C)c3=S)n2)c1=S. The van der Waals surface area contributed by atoms with Gasteiger partial charge < -0.3 is 9.13 Å². The van der Waals surface area contributed by atoms with Crippen molar-refractivity contribution < 1.29 is 0 Å². The van der Waals surface area contributed by atoms with Gasteiger partial charge in [-0.05, 0) is 64.3 Å². The standard InChI is InChI=1S/C17H23N7S2/c1-12(2)23-16(25)21(10-18-23)8-14-6-5-7-15(20-14)9-22-11-19-24(13(3)4)17(22)26/h5-7,10-13H,8-9H2,1-4H3. The van der Waals surface area contributed by atoms with Crippen LogP contribution in [0.25, 0.3) is 0 Å². The van der Waals surface area contributed by atoms with Crippen molar-refractivity contribution in [2.24, 2.45) is 0 Å². The Morgan fingerprint density at radius 2 is 1.23 bits per heavy atom. The first-order valence-corrected chi connectivity index (χ1v) is 9.41. The van der Waals surface area contributed by atoms with Crippen LogP contribution in [0.1, 0.15) is 51.2 Å². The Morgan fingerprint density at radius 1 is 0.808 bits per heavy atom. The summed E-state index contributed by atoms with van der Waals surface area (Å²) in [5, 5.41) is 8.70. The molecule has 26 heavy (non-hydrogen) atoms. The van der Waals surface area contributed by atoms with Crippen LogP contribution in [-0.2, 0) is 13.1 Å². The summed E-state index contributed by atoms with van der Waals surface area (Å²) in [6, 6.07) is 6.47. The van der Waals surface area contributed by atoms with Gasteiger partial charge in [0.25, 0.3) is 0 Å². The van der Waals surface area contributed by atoms with E-state index < -0.39 is 0 Å². The van der Waals surface area contributed by atoms with Gasteiger partial charge in [0, 0.05) is 12.1 Å². The molecular weight excluding hydrogens is 366 g/mol. The maximum Gasteiger partial charge on any atom is 0.198 e. The second-order valence-electron chi connectivity index (χ2n) is 6.78. The highest BCUT2D eigenvalue weighted by molar-refractivity contribution is 7.71. The monoisotopic (exact) mass is 389 g/mol. The van der Waals surface area contributed by atoms with Gasteiger partial charge in [-0.2, -0.15) is 10.2 Å². The molecule has 0 saturated carbocycles. The Kier molecular flexibility index (Phi) is 5.47. The third-order valence-corrected chi connectivity index (χ3v) is 4.86. The lowest BCUT2D eigenvalue weighted by molar-refractivity contribution is 0.518. The van der Waals surface area contributed by atoms with Gasteiger partial charge >= 0.3 is 0 Å². The van der Waals surface area contributed by atoms with E-state index in [-0.39, 0.29) is 12.1 Å². The van der Waals surface area contributed by atoms with Gasteiger partial charge in [-0.15, -0.1) is 0 Å². The second kappa shape index (κ2) is 7.63. The normalized spacial score (nSPS) is 11.6. The summed E-state index contributed by atoms with van der Waals surface area (Å²) in [6.45, 7) is 9.44. The van der Waals surface area contributed by atoms with Crippen LogP contribution in [0.3, 0.4) is 0 Å². The molecule has 3 aromatic heterocycles. The molecule has 0 N–H and O–H groups in total. The van der Waals surface area contributed by atoms with Crippen molar-refractivity contribution in [1.29, 1.82) is 0 Å². The molecular formula is C17H23N7S2. The molecule has 0 bridgehead atoms. The van der Waals surface area contributed by atoms with Crippen LogP contribution >= 0.6 is 24.4 Å². The molecule has 7 nitrogen and oxygen atoms in total.